The lowest BCUT2D eigenvalue weighted by Gasteiger charge is -2.10. The maximum absolute atomic E-state index is 11.6. The third-order valence-electron chi connectivity index (χ3n) is 1.80. The van der Waals surface area contributed by atoms with Crippen LogP contribution in [0.4, 0.5) is 5.69 Å². The summed E-state index contributed by atoms with van der Waals surface area (Å²) in [5.74, 6) is 0. The van der Waals surface area contributed by atoms with Crippen LogP contribution in [0.3, 0.4) is 0 Å². The molecule has 88 valence electrons. The Hall–Kier alpha value is -1.25. The highest BCUT2D eigenvalue weighted by atomic mass is 32.2. The molecule has 0 N–H and O–H groups in total. The topological polar surface area (TPSA) is 83.9 Å². The predicted octanol–water partition coefficient (Wildman–Crippen LogP) is 0.631. The van der Waals surface area contributed by atoms with Crippen molar-refractivity contribution in [3.8, 4) is 0 Å². The number of hydrogen-bond donors (Lipinski definition) is 0. The number of sulfonamides is 1. The molecule has 0 aliphatic rings. The maximum atomic E-state index is 11.6. The second-order valence-electron chi connectivity index (χ2n) is 3.09. The Morgan fingerprint density at radius 3 is 2.00 bits per heavy atom. The first-order valence-electron chi connectivity index (χ1n) is 4.18. The van der Waals surface area contributed by atoms with Crippen LogP contribution in [0.15, 0.2) is 33.5 Å². The quantitative estimate of drug-likeness (QED) is 0.799. The third-order valence-corrected chi connectivity index (χ3v) is 3.98. The van der Waals surface area contributed by atoms with Crippen molar-refractivity contribution in [1.82, 2.24) is 4.31 Å². The Balaban J connectivity index is 3.19. The zero-order valence-corrected chi connectivity index (χ0v) is 10.3. The zero-order valence-electron chi connectivity index (χ0n) is 8.65. The van der Waals surface area contributed by atoms with E-state index in [4.69, 9.17) is 0 Å². The number of benzene rings is 1. The van der Waals surface area contributed by atoms with Crippen molar-refractivity contribution in [2.75, 3.05) is 14.1 Å². The highest BCUT2D eigenvalue weighted by Gasteiger charge is 2.16. The highest BCUT2D eigenvalue weighted by molar-refractivity contribution is 7.89. The van der Waals surface area contributed by atoms with Gasteiger partial charge >= 0.3 is 10.5 Å². The van der Waals surface area contributed by atoms with Crippen molar-refractivity contribution >= 4 is 26.2 Å². The zero-order chi connectivity index (χ0) is 12.3. The molecule has 0 radical (unpaired) electrons. The summed E-state index contributed by atoms with van der Waals surface area (Å²) in [4.78, 5) is 0.0909. The molecule has 0 aromatic heterocycles. The summed E-state index contributed by atoms with van der Waals surface area (Å²) < 4.78 is 48.1. The Labute approximate surface area is 95.3 Å². The van der Waals surface area contributed by atoms with Gasteiger partial charge in [-0.2, -0.15) is 8.42 Å². The van der Waals surface area contributed by atoms with E-state index < -0.39 is 20.5 Å². The Morgan fingerprint density at radius 1 is 1.12 bits per heavy atom. The molecule has 0 saturated heterocycles. The van der Waals surface area contributed by atoms with Crippen LogP contribution in [0.25, 0.3) is 0 Å². The molecule has 0 amide bonds. The molecule has 0 atom stereocenters. The number of rotatable bonds is 3. The molecule has 0 aliphatic carbocycles. The van der Waals surface area contributed by atoms with Gasteiger partial charge in [0, 0.05) is 14.1 Å². The molecule has 16 heavy (non-hydrogen) atoms. The average Bonchev–Trinajstić information content (AvgIpc) is 2.17. The first kappa shape index (κ1) is 12.8. The van der Waals surface area contributed by atoms with E-state index in [0.717, 1.165) is 4.31 Å². The molecule has 0 unspecified atom stereocenters. The standard InChI is InChI=1S/C8H10N2O4S2/c1-10(2)16(13,14)8-5-3-7(4-6-8)9-15(11)12/h3-6H,1-2H3. The summed E-state index contributed by atoms with van der Waals surface area (Å²) in [6.45, 7) is 0. The molecule has 1 rings (SSSR count). The molecule has 0 heterocycles. The van der Waals surface area contributed by atoms with Crippen LogP contribution in [0.5, 0.6) is 0 Å². The average molecular weight is 262 g/mol. The van der Waals surface area contributed by atoms with Gasteiger partial charge in [0.15, 0.2) is 0 Å². The number of nitrogens with zero attached hydrogens (tertiary/aromatic N) is 2. The Kier molecular flexibility index (Phi) is 3.79. The van der Waals surface area contributed by atoms with Gasteiger partial charge in [-0.25, -0.2) is 12.7 Å². The molecule has 0 bridgehead atoms. The SMILES string of the molecule is CN(C)S(=O)(=O)c1ccc(N=S(=O)=O)cc1. The van der Waals surface area contributed by atoms with Crippen LogP contribution in [-0.4, -0.2) is 35.2 Å². The second kappa shape index (κ2) is 4.73. The van der Waals surface area contributed by atoms with Crippen LogP contribution in [-0.2, 0) is 20.5 Å². The van der Waals surface area contributed by atoms with Crippen molar-refractivity contribution < 1.29 is 16.8 Å². The van der Waals surface area contributed by atoms with Crippen LogP contribution in [0, 0.1) is 0 Å². The van der Waals surface area contributed by atoms with E-state index >= 15 is 0 Å². The molecular weight excluding hydrogens is 252 g/mol. The van der Waals surface area contributed by atoms with E-state index in [-0.39, 0.29) is 10.6 Å². The lowest BCUT2D eigenvalue weighted by molar-refractivity contribution is 0.521. The van der Waals surface area contributed by atoms with Gasteiger partial charge in [-0.05, 0) is 24.3 Å². The normalized spacial score (nSPS) is 11.4. The van der Waals surface area contributed by atoms with Crippen molar-refractivity contribution in [1.29, 1.82) is 0 Å². The van der Waals surface area contributed by atoms with Gasteiger partial charge in [0.2, 0.25) is 10.0 Å². The minimum absolute atomic E-state index is 0.0909. The minimum atomic E-state index is -3.48. The summed E-state index contributed by atoms with van der Waals surface area (Å²) in [5, 5.41) is 0. The lowest BCUT2D eigenvalue weighted by atomic mass is 10.3. The summed E-state index contributed by atoms with van der Waals surface area (Å²) in [6, 6.07) is 5.26. The van der Waals surface area contributed by atoms with E-state index in [1.165, 1.54) is 38.4 Å². The minimum Gasteiger partial charge on any atom is -0.207 e. The first-order valence-corrected chi connectivity index (χ1v) is 6.65. The van der Waals surface area contributed by atoms with Crippen molar-refractivity contribution in [2.45, 2.75) is 4.90 Å². The third kappa shape index (κ3) is 2.87. The number of hydrogen-bond acceptors (Lipinski definition) is 5. The van der Waals surface area contributed by atoms with Gasteiger partial charge in [0.1, 0.15) is 0 Å². The van der Waals surface area contributed by atoms with E-state index in [0.29, 0.717) is 0 Å². The fraction of sp³-hybridized carbons (Fsp3) is 0.250. The van der Waals surface area contributed by atoms with E-state index in [1.807, 2.05) is 0 Å². The van der Waals surface area contributed by atoms with E-state index in [9.17, 15) is 16.8 Å². The maximum Gasteiger partial charge on any atom is 0.316 e. The summed E-state index contributed by atoms with van der Waals surface area (Å²) in [6.07, 6.45) is 0. The van der Waals surface area contributed by atoms with Gasteiger partial charge in [-0.15, -0.1) is 4.36 Å². The largest absolute Gasteiger partial charge is 0.316 e. The van der Waals surface area contributed by atoms with Crippen LogP contribution < -0.4 is 0 Å². The van der Waals surface area contributed by atoms with Gasteiger partial charge in [-0.1, -0.05) is 0 Å². The monoisotopic (exact) mass is 262 g/mol. The summed E-state index contributed by atoms with van der Waals surface area (Å²) in [5.41, 5.74) is 0.186. The molecule has 6 nitrogen and oxygen atoms in total. The van der Waals surface area contributed by atoms with Crippen molar-refractivity contribution in [3.63, 3.8) is 0 Å². The van der Waals surface area contributed by atoms with Crippen molar-refractivity contribution in [2.24, 2.45) is 4.36 Å². The second-order valence-corrected chi connectivity index (χ2v) is 5.86. The van der Waals surface area contributed by atoms with Crippen LogP contribution >= 0.6 is 0 Å². The lowest BCUT2D eigenvalue weighted by Crippen LogP contribution is -2.21. The molecule has 0 aliphatic heterocycles. The summed E-state index contributed by atoms with van der Waals surface area (Å²) in [7, 11) is -3.19. The molecular formula is C8H10N2O4S2. The fourth-order valence-electron chi connectivity index (χ4n) is 0.976. The molecule has 0 fully saturated rings. The predicted molar refractivity (Wildman–Crippen MR) is 58.3 cm³/mol. The molecule has 1 aromatic carbocycles. The Morgan fingerprint density at radius 2 is 1.62 bits per heavy atom. The van der Waals surface area contributed by atoms with Crippen LogP contribution in [0.1, 0.15) is 0 Å². The first-order chi connectivity index (χ1) is 7.34. The van der Waals surface area contributed by atoms with E-state index in [2.05, 4.69) is 4.36 Å². The van der Waals surface area contributed by atoms with Gasteiger partial charge in [-0.3, -0.25) is 0 Å². The molecule has 0 spiro atoms. The molecule has 8 heteroatoms. The molecule has 0 saturated carbocycles. The van der Waals surface area contributed by atoms with Gasteiger partial charge in [0.05, 0.1) is 10.6 Å². The smallest absolute Gasteiger partial charge is 0.207 e. The fourth-order valence-corrected chi connectivity index (χ4v) is 2.17. The van der Waals surface area contributed by atoms with Gasteiger partial charge < -0.3 is 0 Å². The highest BCUT2D eigenvalue weighted by Crippen LogP contribution is 2.18. The van der Waals surface area contributed by atoms with Crippen LogP contribution in [0.2, 0.25) is 0 Å². The summed E-state index contributed by atoms with van der Waals surface area (Å²) >= 11 is 0. The van der Waals surface area contributed by atoms with Gasteiger partial charge in [0.25, 0.3) is 0 Å². The van der Waals surface area contributed by atoms with Crippen molar-refractivity contribution in [3.05, 3.63) is 24.3 Å². The Bertz CT molecular complexity index is 592. The molecule has 1 aromatic rings. The van der Waals surface area contributed by atoms with E-state index in [1.54, 1.807) is 0 Å².